The van der Waals surface area contributed by atoms with Crippen LogP contribution in [-0.2, 0) is 0 Å². The smallest absolute Gasteiger partial charge is 0.123 e. The molecule has 1 aromatic rings. The van der Waals surface area contributed by atoms with E-state index in [9.17, 15) is 9.65 Å². The fourth-order valence-corrected chi connectivity index (χ4v) is 2.34. The average Bonchev–Trinajstić information content (AvgIpc) is 2.42. The molecule has 0 radical (unpaired) electrons. The molecule has 0 aliphatic heterocycles. The van der Waals surface area contributed by atoms with E-state index in [2.05, 4.69) is 46.1 Å². The molecule has 1 N–H and O–H groups in total. The van der Waals surface area contributed by atoms with Crippen molar-refractivity contribution in [2.24, 2.45) is 0 Å². The zero-order valence-electron chi connectivity index (χ0n) is 11.3. The molecule has 104 valence electrons. The third-order valence-electron chi connectivity index (χ3n) is 3.07. The predicted molar refractivity (Wildman–Crippen MR) is 78.2 cm³/mol. The predicted octanol–water partition coefficient (Wildman–Crippen LogP) is 3.08. The highest BCUT2D eigenvalue weighted by Crippen LogP contribution is 2.23. The molecule has 0 saturated carbocycles. The number of nitriles is 1. The largest absolute Gasteiger partial charge is 0.303 e. The van der Waals surface area contributed by atoms with Crippen molar-refractivity contribution in [3.63, 3.8) is 0 Å². The van der Waals surface area contributed by atoms with Gasteiger partial charge in [0.2, 0.25) is 0 Å². The summed E-state index contributed by atoms with van der Waals surface area (Å²) in [5, 5.41) is 12.4. The third-order valence-corrected chi connectivity index (χ3v) is 3.79. The van der Waals surface area contributed by atoms with Gasteiger partial charge in [-0.3, -0.25) is 5.32 Å². The maximum Gasteiger partial charge on any atom is 0.123 e. The third kappa shape index (κ3) is 4.90. The molecule has 19 heavy (non-hydrogen) atoms. The maximum atomic E-state index is 13.2. The molecule has 3 nitrogen and oxygen atoms in total. The summed E-state index contributed by atoms with van der Waals surface area (Å²) in [6.07, 6.45) is 0. The molecule has 1 atom stereocenters. The van der Waals surface area contributed by atoms with Gasteiger partial charge in [-0.05, 0) is 31.3 Å². The first-order chi connectivity index (χ1) is 9.12. The molecule has 1 rings (SSSR count). The highest BCUT2D eigenvalue weighted by molar-refractivity contribution is 9.10. The Morgan fingerprint density at radius 1 is 1.42 bits per heavy atom. The summed E-state index contributed by atoms with van der Waals surface area (Å²) in [4.78, 5) is 2.27. The highest BCUT2D eigenvalue weighted by Gasteiger charge is 2.14. The number of hydrogen-bond donors (Lipinski definition) is 1. The Bertz CT molecular complexity index is 441. The minimum atomic E-state index is -0.499. The molecular weight excluding hydrogens is 309 g/mol. The van der Waals surface area contributed by atoms with E-state index >= 15 is 0 Å². The number of likely N-dealkylation sites (N-methyl/N-ethyl adjacent to an activating group) is 1. The number of nitrogens with zero attached hydrogens (tertiary/aromatic N) is 2. The lowest BCUT2D eigenvalue weighted by Gasteiger charge is -2.20. The van der Waals surface area contributed by atoms with Crippen LogP contribution >= 0.6 is 15.9 Å². The molecule has 1 unspecified atom stereocenters. The SMILES string of the molecule is CCN(CC)CCNC(C#N)c1cc(F)ccc1Br. The molecule has 0 amide bonds. The summed E-state index contributed by atoms with van der Waals surface area (Å²) in [5.41, 5.74) is 0.641. The second kappa shape index (κ2) is 8.26. The second-order valence-electron chi connectivity index (χ2n) is 4.21. The van der Waals surface area contributed by atoms with Gasteiger partial charge in [-0.2, -0.15) is 5.26 Å². The summed E-state index contributed by atoms with van der Waals surface area (Å²) in [6.45, 7) is 7.75. The zero-order valence-corrected chi connectivity index (χ0v) is 12.9. The summed E-state index contributed by atoms with van der Waals surface area (Å²) >= 11 is 3.35. The zero-order chi connectivity index (χ0) is 14.3. The van der Waals surface area contributed by atoms with E-state index in [0.717, 1.165) is 24.1 Å². The summed E-state index contributed by atoms with van der Waals surface area (Å²) in [7, 11) is 0. The van der Waals surface area contributed by atoms with Gasteiger partial charge >= 0.3 is 0 Å². The van der Waals surface area contributed by atoms with Crippen LogP contribution in [0.3, 0.4) is 0 Å². The molecular formula is C14H19BrFN3. The van der Waals surface area contributed by atoms with Crippen LogP contribution in [0.4, 0.5) is 4.39 Å². The quantitative estimate of drug-likeness (QED) is 0.836. The molecule has 0 bridgehead atoms. The van der Waals surface area contributed by atoms with E-state index in [1.807, 2.05) is 0 Å². The Labute approximate surface area is 122 Å². The average molecular weight is 328 g/mol. The number of hydrogen-bond acceptors (Lipinski definition) is 3. The van der Waals surface area contributed by atoms with Crippen molar-refractivity contribution in [1.82, 2.24) is 10.2 Å². The molecule has 0 aromatic heterocycles. The Kier molecular flexibility index (Phi) is 7.00. The van der Waals surface area contributed by atoms with Gasteiger partial charge in [0.15, 0.2) is 0 Å². The molecule has 0 saturated heterocycles. The van der Waals surface area contributed by atoms with E-state index in [1.165, 1.54) is 12.1 Å². The van der Waals surface area contributed by atoms with Crippen molar-refractivity contribution in [1.29, 1.82) is 5.26 Å². The molecule has 0 fully saturated rings. The van der Waals surface area contributed by atoms with Gasteiger partial charge in [0.25, 0.3) is 0 Å². The van der Waals surface area contributed by atoms with Crippen LogP contribution in [0.5, 0.6) is 0 Å². The second-order valence-corrected chi connectivity index (χ2v) is 5.06. The Morgan fingerprint density at radius 2 is 2.11 bits per heavy atom. The van der Waals surface area contributed by atoms with Gasteiger partial charge in [0.1, 0.15) is 11.9 Å². The van der Waals surface area contributed by atoms with Gasteiger partial charge in [0, 0.05) is 23.1 Å². The molecule has 0 aliphatic rings. The fourth-order valence-electron chi connectivity index (χ4n) is 1.87. The van der Waals surface area contributed by atoms with Gasteiger partial charge in [0.05, 0.1) is 6.07 Å². The van der Waals surface area contributed by atoms with Gasteiger partial charge in [-0.1, -0.05) is 29.8 Å². The van der Waals surface area contributed by atoms with Gasteiger partial charge in [-0.25, -0.2) is 4.39 Å². The van der Waals surface area contributed by atoms with Crippen LogP contribution in [-0.4, -0.2) is 31.1 Å². The van der Waals surface area contributed by atoms with Crippen molar-refractivity contribution >= 4 is 15.9 Å². The normalized spacial score (nSPS) is 12.4. The first-order valence-corrected chi connectivity index (χ1v) is 7.22. The van der Waals surface area contributed by atoms with Crippen molar-refractivity contribution < 1.29 is 4.39 Å². The Balaban J connectivity index is 2.64. The van der Waals surface area contributed by atoms with Crippen LogP contribution in [0.2, 0.25) is 0 Å². The first kappa shape index (κ1) is 16.1. The monoisotopic (exact) mass is 327 g/mol. The summed E-state index contributed by atoms with van der Waals surface area (Å²) in [6, 6.07) is 6.06. The topological polar surface area (TPSA) is 39.1 Å². The number of rotatable bonds is 7. The van der Waals surface area contributed by atoms with Crippen molar-refractivity contribution in [2.75, 3.05) is 26.2 Å². The molecule has 0 spiro atoms. The standard InChI is InChI=1S/C14H19BrFN3/c1-3-19(4-2)8-7-18-14(10-17)12-9-11(16)5-6-13(12)15/h5-6,9,14,18H,3-4,7-8H2,1-2H3. The van der Waals surface area contributed by atoms with Gasteiger partial charge in [-0.15, -0.1) is 0 Å². The number of nitrogens with one attached hydrogen (secondary N) is 1. The van der Waals surface area contributed by atoms with Gasteiger partial charge < -0.3 is 4.90 Å². The lowest BCUT2D eigenvalue weighted by atomic mass is 10.1. The van der Waals surface area contributed by atoms with Crippen LogP contribution < -0.4 is 5.32 Å². The highest BCUT2D eigenvalue weighted by atomic mass is 79.9. The lowest BCUT2D eigenvalue weighted by Crippen LogP contribution is -2.33. The number of benzene rings is 1. The van der Waals surface area contributed by atoms with Crippen molar-refractivity contribution in [2.45, 2.75) is 19.9 Å². The Morgan fingerprint density at radius 3 is 2.68 bits per heavy atom. The van der Waals surface area contributed by atoms with E-state index in [0.29, 0.717) is 12.1 Å². The maximum absolute atomic E-state index is 13.2. The molecule has 0 aliphatic carbocycles. The van der Waals surface area contributed by atoms with E-state index in [1.54, 1.807) is 6.07 Å². The molecule has 0 heterocycles. The van der Waals surface area contributed by atoms with E-state index in [-0.39, 0.29) is 5.82 Å². The van der Waals surface area contributed by atoms with Crippen LogP contribution in [0.15, 0.2) is 22.7 Å². The first-order valence-electron chi connectivity index (χ1n) is 6.42. The Hall–Kier alpha value is -0.960. The lowest BCUT2D eigenvalue weighted by molar-refractivity contribution is 0.300. The fraction of sp³-hybridized carbons (Fsp3) is 0.500. The molecule has 1 aromatic carbocycles. The van der Waals surface area contributed by atoms with Crippen LogP contribution in [0.25, 0.3) is 0 Å². The van der Waals surface area contributed by atoms with Crippen LogP contribution in [0.1, 0.15) is 25.5 Å². The minimum Gasteiger partial charge on any atom is -0.303 e. The van der Waals surface area contributed by atoms with E-state index in [4.69, 9.17) is 0 Å². The van der Waals surface area contributed by atoms with Crippen molar-refractivity contribution in [3.05, 3.63) is 34.1 Å². The minimum absolute atomic E-state index is 0.330. The summed E-state index contributed by atoms with van der Waals surface area (Å²) < 4.78 is 14.0. The molecule has 5 heteroatoms. The van der Waals surface area contributed by atoms with E-state index < -0.39 is 6.04 Å². The summed E-state index contributed by atoms with van der Waals surface area (Å²) in [5.74, 6) is -0.330. The van der Waals surface area contributed by atoms with Crippen LogP contribution in [0, 0.1) is 17.1 Å². The number of halogens is 2. The van der Waals surface area contributed by atoms with Crippen molar-refractivity contribution in [3.8, 4) is 6.07 Å².